The monoisotopic (exact) mass is 248 g/mol. The smallest absolute Gasteiger partial charge is 0.448 e. The van der Waals surface area contributed by atoms with E-state index >= 15 is 0 Å². The van der Waals surface area contributed by atoms with Crippen LogP contribution in [0.3, 0.4) is 0 Å². The number of hydrogen-bond donors (Lipinski definition) is 0. The predicted octanol–water partition coefficient (Wildman–Crippen LogP) is 1.65. The van der Waals surface area contributed by atoms with Crippen LogP contribution in [0, 0.1) is 0 Å². The molecule has 0 aliphatic carbocycles. The van der Waals surface area contributed by atoms with E-state index in [0.717, 1.165) is 12.8 Å². The van der Waals surface area contributed by atoms with Gasteiger partial charge in [0.15, 0.2) is 0 Å². The van der Waals surface area contributed by atoms with Crippen LogP contribution < -0.4 is 0 Å². The van der Waals surface area contributed by atoms with Crippen LogP contribution in [0.1, 0.15) is 26.7 Å². The van der Waals surface area contributed by atoms with Gasteiger partial charge in [-0.2, -0.15) is 0 Å². The van der Waals surface area contributed by atoms with Gasteiger partial charge < -0.3 is 17.7 Å². The Morgan fingerprint density at radius 2 is 1.88 bits per heavy atom. The van der Waals surface area contributed by atoms with Crippen LogP contribution >= 0.6 is 0 Å². The minimum Gasteiger partial charge on any atom is -0.448 e. The van der Waals surface area contributed by atoms with Crippen molar-refractivity contribution in [1.29, 1.82) is 0 Å². The highest BCUT2D eigenvalue weighted by atomic mass is 28.4. The molecule has 0 atom stereocenters. The molecule has 0 saturated carbocycles. The summed E-state index contributed by atoms with van der Waals surface area (Å²) in [6.45, 7) is 7.51. The van der Waals surface area contributed by atoms with Crippen LogP contribution in [0.25, 0.3) is 0 Å². The third-order valence-corrected chi connectivity index (χ3v) is 3.84. The van der Waals surface area contributed by atoms with Gasteiger partial charge in [-0.3, -0.25) is 0 Å². The van der Waals surface area contributed by atoms with Crippen LogP contribution in [0.4, 0.5) is 0 Å². The Hall–Kier alpha value is -0.693. The minimum absolute atomic E-state index is 0.282. The largest absolute Gasteiger partial charge is 0.751 e. The highest BCUT2D eigenvalue weighted by Crippen LogP contribution is 2.12. The number of rotatable bonds is 8. The Kier molecular flexibility index (Phi) is 7.23. The summed E-state index contributed by atoms with van der Waals surface area (Å²) < 4.78 is 20.6. The molecule has 0 heterocycles. The SMILES string of the molecule is C=C(C)C(=O)O[Si](OC)(OC)OCCCC. The molecule has 0 bridgehead atoms. The molecule has 0 radical (unpaired) electrons. The van der Waals surface area contributed by atoms with Crippen molar-refractivity contribution in [3.05, 3.63) is 12.2 Å². The van der Waals surface area contributed by atoms with E-state index in [1.165, 1.54) is 14.2 Å². The Morgan fingerprint density at radius 1 is 1.31 bits per heavy atom. The molecule has 5 nitrogen and oxygen atoms in total. The van der Waals surface area contributed by atoms with E-state index in [0.29, 0.717) is 6.61 Å². The normalized spacial score (nSPS) is 11.2. The zero-order chi connectivity index (χ0) is 12.6. The first-order chi connectivity index (χ1) is 7.51. The van der Waals surface area contributed by atoms with Crippen LogP contribution in [-0.2, 0) is 22.5 Å². The average Bonchev–Trinajstić information content (AvgIpc) is 2.27. The number of carbonyl (C=O) groups is 1. The number of unbranched alkanes of at least 4 members (excludes halogenated alkanes) is 1. The second-order valence-electron chi connectivity index (χ2n) is 3.28. The maximum absolute atomic E-state index is 11.4. The lowest BCUT2D eigenvalue weighted by molar-refractivity contribution is -0.139. The lowest BCUT2D eigenvalue weighted by atomic mass is 10.4. The fourth-order valence-corrected chi connectivity index (χ4v) is 2.28. The van der Waals surface area contributed by atoms with Gasteiger partial charge in [-0.1, -0.05) is 19.9 Å². The van der Waals surface area contributed by atoms with Gasteiger partial charge >= 0.3 is 15.0 Å². The standard InChI is InChI=1S/C10H20O5Si/c1-6-7-8-14-16(12-4,13-5)15-10(11)9(2)3/h2,6-8H2,1,3-5H3. The van der Waals surface area contributed by atoms with Crippen molar-refractivity contribution in [2.45, 2.75) is 26.7 Å². The molecule has 0 aromatic rings. The first kappa shape index (κ1) is 15.3. The summed E-state index contributed by atoms with van der Waals surface area (Å²) in [6, 6.07) is 0. The van der Waals surface area contributed by atoms with E-state index in [-0.39, 0.29) is 5.57 Å². The molecule has 0 saturated heterocycles. The molecule has 0 spiro atoms. The molecular formula is C10H20O5Si. The molecule has 94 valence electrons. The van der Waals surface area contributed by atoms with E-state index in [1.54, 1.807) is 6.92 Å². The summed E-state index contributed by atoms with van der Waals surface area (Å²) in [6.07, 6.45) is 1.83. The van der Waals surface area contributed by atoms with Crippen molar-refractivity contribution in [1.82, 2.24) is 0 Å². The highest BCUT2D eigenvalue weighted by molar-refractivity contribution is 6.55. The van der Waals surface area contributed by atoms with Gasteiger partial charge in [-0.05, 0) is 13.3 Å². The first-order valence-electron chi connectivity index (χ1n) is 5.14. The first-order valence-corrected chi connectivity index (χ1v) is 6.77. The summed E-state index contributed by atoms with van der Waals surface area (Å²) in [5.74, 6) is -0.563. The summed E-state index contributed by atoms with van der Waals surface area (Å²) in [4.78, 5) is 11.4. The third kappa shape index (κ3) is 4.89. The van der Waals surface area contributed by atoms with Gasteiger partial charge in [-0.15, -0.1) is 0 Å². The van der Waals surface area contributed by atoms with Crippen LogP contribution in [0.5, 0.6) is 0 Å². The van der Waals surface area contributed by atoms with Crippen molar-refractivity contribution < 1.29 is 22.5 Å². The fraction of sp³-hybridized carbons (Fsp3) is 0.700. The topological polar surface area (TPSA) is 54.0 Å². The Bertz CT molecular complexity index is 237. The van der Waals surface area contributed by atoms with Gasteiger partial charge in [0.25, 0.3) is 0 Å². The molecule has 0 N–H and O–H groups in total. The lowest BCUT2D eigenvalue weighted by Crippen LogP contribution is -2.49. The zero-order valence-electron chi connectivity index (χ0n) is 10.4. The molecular weight excluding hydrogens is 228 g/mol. The third-order valence-electron chi connectivity index (χ3n) is 1.84. The maximum atomic E-state index is 11.4. The van der Waals surface area contributed by atoms with Gasteiger partial charge in [-0.25, -0.2) is 4.79 Å². The van der Waals surface area contributed by atoms with E-state index in [2.05, 4.69) is 6.58 Å². The van der Waals surface area contributed by atoms with Crippen LogP contribution in [0.15, 0.2) is 12.2 Å². The summed E-state index contributed by atoms with van der Waals surface area (Å²) in [5.41, 5.74) is 0.282. The Labute approximate surface area is 97.8 Å². The predicted molar refractivity (Wildman–Crippen MR) is 61.5 cm³/mol. The van der Waals surface area contributed by atoms with E-state index < -0.39 is 15.0 Å². The van der Waals surface area contributed by atoms with E-state index in [4.69, 9.17) is 17.7 Å². The number of carbonyl (C=O) groups excluding carboxylic acids is 1. The van der Waals surface area contributed by atoms with Crippen LogP contribution in [-0.4, -0.2) is 35.8 Å². The van der Waals surface area contributed by atoms with E-state index in [9.17, 15) is 4.79 Å². The lowest BCUT2D eigenvalue weighted by Gasteiger charge is -2.24. The van der Waals surface area contributed by atoms with Crippen LogP contribution in [0.2, 0.25) is 0 Å². The zero-order valence-corrected chi connectivity index (χ0v) is 11.4. The van der Waals surface area contributed by atoms with Crippen molar-refractivity contribution in [3.63, 3.8) is 0 Å². The summed E-state index contributed by atoms with van der Waals surface area (Å²) in [5, 5.41) is 0. The Balaban J connectivity index is 4.42. The molecule has 16 heavy (non-hydrogen) atoms. The number of hydrogen-bond acceptors (Lipinski definition) is 5. The quantitative estimate of drug-likeness (QED) is 0.371. The summed E-state index contributed by atoms with van der Waals surface area (Å²) >= 11 is 0. The average molecular weight is 248 g/mol. The molecule has 0 aromatic heterocycles. The summed E-state index contributed by atoms with van der Waals surface area (Å²) in [7, 11) is -0.525. The van der Waals surface area contributed by atoms with Crippen molar-refractivity contribution in [3.8, 4) is 0 Å². The molecule has 0 rings (SSSR count). The van der Waals surface area contributed by atoms with Gasteiger partial charge in [0.2, 0.25) is 0 Å². The fourth-order valence-electron chi connectivity index (χ4n) is 0.856. The van der Waals surface area contributed by atoms with E-state index in [1.807, 2.05) is 6.92 Å². The molecule has 0 amide bonds. The molecule has 6 heteroatoms. The minimum atomic E-state index is -3.32. The van der Waals surface area contributed by atoms with Gasteiger partial charge in [0, 0.05) is 26.4 Å². The molecule has 0 aromatic carbocycles. The second kappa shape index (κ2) is 7.56. The van der Waals surface area contributed by atoms with Crippen molar-refractivity contribution in [2.24, 2.45) is 0 Å². The van der Waals surface area contributed by atoms with Crippen molar-refractivity contribution in [2.75, 3.05) is 20.8 Å². The van der Waals surface area contributed by atoms with Gasteiger partial charge in [0.1, 0.15) is 0 Å². The molecule has 0 unspecified atom stereocenters. The molecule has 0 aliphatic rings. The molecule has 0 fully saturated rings. The van der Waals surface area contributed by atoms with Crippen molar-refractivity contribution >= 4 is 15.0 Å². The Morgan fingerprint density at radius 3 is 2.25 bits per heavy atom. The van der Waals surface area contributed by atoms with Gasteiger partial charge in [0.05, 0.1) is 0 Å². The highest BCUT2D eigenvalue weighted by Gasteiger charge is 2.48. The molecule has 0 aliphatic heterocycles. The second-order valence-corrected chi connectivity index (χ2v) is 5.59. The maximum Gasteiger partial charge on any atom is 0.751 e.